The summed E-state index contributed by atoms with van der Waals surface area (Å²) in [4.78, 5) is 12.1. The van der Waals surface area contributed by atoms with Crippen molar-refractivity contribution in [3.63, 3.8) is 0 Å². The van der Waals surface area contributed by atoms with Crippen molar-refractivity contribution in [1.29, 1.82) is 0 Å². The minimum Gasteiger partial charge on any atom is -0.451 e. The number of carbonyl (C=O) groups is 1. The number of hydrogen-bond donors (Lipinski definition) is 2. The van der Waals surface area contributed by atoms with Crippen LogP contribution in [0.3, 0.4) is 0 Å². The number of hydrogen-bond acceptors (Lipinski definition) is 5. The van der Waals surface area contributed by atoms with Crippen LogP contribution in [0.2, 0.25) is 0 Å². The first-order valence-corrected chi connectivity index (χ1v) is 6.63. The average molecular weight is 336 g/mol. The van der Waals surface area contributed by atoms with Crippen molar-refractivity contribution < 1.29 is 9.21 Å². The SMILES string of the molecule is Cc1c(C(=O)NCc2nn[nH]n2)oc2ccc(Br)cc12. The fourth-order valence-corrected chi connectivity index (χ4v) is 2.27. The number of H-pyrrole nitrogens is 1. The van der Waals surface area contributed by atoms with Crippen LogP contribution in [0.4, 0.5) is 0 Å². The summed E-state index contributed by atoms with van der Waals surface area (Å²) in [6.07, 6.45) is 0. The quantitative estimate of drug-likeness (QED) is 0.762. The van der Waals surface area contributed by atoms with Crippen molar-refractivity contribution >= 4 is 32.8 Å². The maximum atomic E-state index is 12.1. The number of tetrazole rings is 1. The number of benzene rings is 1. The van der Waals surface area contributed by atoms with E-state index < -0.39 is 0 Å². The molecule has 0 fully saturated rings. The molecule has 3 rings (SSSR count). The van der Waals surface area contributed by atoms with Gasteiger partial charge in [-0.25, -0.2) is 0 Å². The van der Waals surface area contributed by atoms with Gasteiger partial charge in [-0.3, -0.25) is 4.79 Å². The van der Waals surface area contributed by atoms with Crippen molar-refractivity contribution in [2.75, 3.05) is 0 Å². The molecule has 2 N–H and O–H groups in total. The Hall–Kier alpha value is -2.22. The molecule has 0 atom stereocenters. The van der Waals surface area contributed by atoms with Gasteiger partial charge < -0.3 is 9.73 Å². The smallest absolute Gasteiger partial charge is 0.287 e. The molecule has 2 heterocycles. The molecule has 0 spiro atoms. The number of fused-ring (bicyclic) bond motifs is 1. The van der Waals surface area contributed by atoms with Gasteiger partial charge in [0.25, 0.3) is 5.91 Å². The fourth-order valence-electron chi connectivity index (χ4n) is 1.91. The van der Waals surface area contributed by atoms with Gasteiger partial charge in [0.15, 0.2) is 11.6 Å². The number of nitrogens with zero attached hydrogens (tertiary/aromatic N) is 3. The first-order valence-electron chi connectivity index (χ1n) is 5.84. The summed E-state index contributed by atoms with van der Waals surface area (Å²) < 4.78 is 6.53. The molecular formula is C12H10BrN5O2. The predicted octanol–water partition coefficient (Wildman–Crippen LogP) is 1.95. The molecular weight excluding hydrogens is 326 g/mol. The van der Waals surface area contributed by atoms with Crippen molar-refractivity contribution in [2.24, 2.45) is 0 Å². The van der Waals surface area contributed by atoms with Crippen LogP contribution >= 0.6 is 15.9 Å². The lowest BCUT2D eigenvalue weighted by atomic mass is 10.1. The molecule has 0 aliphatic heterocycles. The van der Waals surface area contributed by atoms with Gasteiger partial charge in [0.05, 0.1) is 6.54 Å². The van der Waals surface area contributed by atoms with Crippen molar-refractivity contribution in [3.05, 3.63) is 39.8 Å². The normalized spacial score (nSPS) is 10.9. The summed E-state index contributed by atoms with van der Waals surface area (Å²) in [6.45, 7) is 2.04. The molecule has 0 aliphatic carbocycles. The molecule has 0 saturated heterocycles. The minimum absolute atomic E-state index is 0.190. The number of halogens is 1. The number of nitrogens with one attached hydrogen (secondary N) is 2. The average Bonchev–Trinajstić information content (AvgIpc) is 3.05. The Morgan fingerprint density at radius 2 is 2.35 bits per heavy atom. The molecule has 7 nitrogen and oxygen atoms in total. The Kier molecular flexibility index (Phi) is 3.23. The lowest BCUT2D eigenvalue weighted by Gasteiger charge is -1.99. The van der Waals surface area contributed by atoms with Crippen LogP contribution in [0.15, 0.2) is 27.1 Å². The first kappa shape index (κ1) is 12.8. The monoisotopic (exact) mass is 335 g/mol. The summed E-state index contributed by atoms with van der Waals surface area (Å²) in [6, 6.07) is 5.61. The zero-order chi connectivity index (χ0) is 14.1. The molecule has 0 aliphatic rings. The lowest BCUT2D eigenvalue weighted by Crippen LogP contribution is -2.23. The molecule has 1 aromatic carbocycles. The summed E-state index contributed by atoms with van der Waals surface area (Å²) >= 11 is 3.40. The standard InChI is InChI=1S/C12H10BrN5O2/c1-6-8-4-7(13)2-3-9(8)20-11(6)12(19)14-5-10-15-17-18-16-10/h2-4H,5H2,1H3,(H,14,19)(H,15,16,17,18). The molecule has 20 heavy (non-hydrogen) atoms. The van der Waals surface area contributed by atoms with E-state index in [4.69, 9.17) is 4.42 Å². The van der Waals surface area contributed by atoms with E-state index in [1.54, 1.807) is 0 Å². The van der Waals surface area contributed by atoms with Gasteiger partial charge in [-0.2, -0.15) is 5.21 Å². The van der Waals surface area contributed by atoms with Crippen molar-refractivity contribution in [3.8, 4) is 0 Å². The number of aryl methyl sites for hydroxylation is 1. The number of carbonyl (C=O) groups excluding carboxylic acids is 1. The maximum Gasteiger partial charge on any atom is 0.287 e. The number of furan rings is 1. The summed E-state index contributed by atoms with van der Waals surface area (Å²) in [5, 5.41) is 16.9. The van der Waals surface area contributed by atoms with Crippen LogP contribution in [0.1, 0.15) is 21.9 Å². The molecule has 3 aromatic rings. The van der Waals surface area contributed by atoms with E-state index in [1.807, 2.05) is 25.1 Å². The van der Waals surface area contributed by atoms with Crippen LogP contribution in [0.5, 0.6) is 0 Å². The molecule has 2 aromatic heterocycles. The van der Waals surface area contributed by atoms with Crippen molar-refractivity contribution in [2.45, 2.75) is 13.5 Å². The zero-order valence-corrected chi connectivity index (χ0v) is 12.1. The highest BCUT2D eigenvalue weighted by molar-refractivity contribution is 9.10. The molecule has 8 heteroatoms. The van der Waals surface area contributed by atoms with Gasteiger partial charge >= 0.3 is 0 Å². The highest BCUT2D eigenvalue weighted by Gasteiger charge is 2.17. The zero-order valence-electron chi connectivity index (χ0n) is 10.5. The molecule has 0 saturated carbocycles. The fraction of sp³-hybridized carbons (Fsp3) is 0.167. The van der Waals surface area contributed by atoms with Crippen LogP contribution in [-0.2, 0) is 6.54 Å². The highest BCUT2D eigenvalue weighted by Crippen LogP contribution is 2.27. The Bertz CT molecular complexity index is 766. The first-order chi connectivity index (χ1) is 9.65. The van der Waals surface area contributed by atoms with E-state index in [0.29, 0.717) is 17.2 Å². The molecule has 1 amide bonds. The van der Waals surface area contributed by atoms with Gasteiger partial charge in [0.1, 0.15) is 5.58 Å². The van der Waals surface area contributed by atoms with Gasteiger partial charge in [-0.15, -0.1) is 10.2 Å². The minimum atomic E-state index is -0.306. The third-order valence-corrected chi connectivity index (χ3v) is 3.39. The lowest BCUT2D eigenvalue weighted by molar-refractivity contribution is 0.0923. The van der Waals surface area contributed by atoms with E-state index in [0.717, 1.165) is 15.4 Å². The predicted molar refractivity (Wildman–Crippen MR) is 74.0 cm³/mol. The molecule has 0 radical (unpaired) electrons. The molecule has 102 valence electrons. The molecule has 0 unspecified atom stereocenters. The Balaban J connectivity index is 1.86. The van der Waals surface area contributed by atoms with Crippen LogP contribution in [0, 0.1) is 6.92 Å². The van der Waals surface area contributed by atoms with E-state index in [2.05, 4.69) is 41.9 Å². The third-order valence-electron chi connectivity index (χ3n) is 2.90. The van der Waals surface area contributed by atoms with Gasteiger partial charge in [-0.1, -0.05) is 21.1 Å². The summed E-state index contributed by atoms with van der Waals surface area (Å²) in [7, 11) is 0. The van der Waals surface area contributed by atoms with E-state index >= 15 is 0 Å². The number of aromatic amines is 1. The number of rotatable bonds is 3. The second-order valence-corrected chi connectivity index (χ2v) is 5.12. The second kappa shape index (κ2) is 5.04. The Labute approximate surface area is 121 Å². The Morgan fingerprint density at radius 3 is 3.10 bits per heavy atom. The topological polar surface area (TPSA) is 96.7 Å². The second-order valence-electron chi connectivity index (χ2n) is 4.21. The largest absolute Gasteiger partial charge is 0.451 e. The third kappa shape index (κ3) is 2.29. The molecule has 0 bridgehead atoms. The van der Waals surface area contributed by atoms with Crippen molar-refractivity contribution in [1.82, 2.24) is 25.9 Å². The Morgan fingerprint density at radius 1 is 1.50 bits per heavy atom. The van der Waals surface area contributed by atoms with E-state index in [-0.39, 0.29) is 12.5 Å². The maximum absolute atomic E-state index is 12.1. The highest BCUT2D eigenvalue weighted by atomic mass is 79.9. The van der Waals surface area contributed by atoms with Gasteiger partial charge in [-0.05, 0) is 25.1 Å². The van der Waals surface area contributed by atoms with E-state index in [9.17, 15) is 4.79 Å². The number of amides is 1. The summed E-state index contributed by atoms with van der Waals surface area (Å²) in [5.41, 5.74) is 1.47. The van der Waals surface area contributed by atoms with Crippen LogP contribution < -0.4 is 5.32 Å². The number of aromatic nitrogens is 4. The van der Waals surface area contributed by atoms with E-state index in [1.165, 1.54) is 0 Å². The van der Waals surface area contributed by atoms with Gasteiger partial charge in [0, 0.05) is 15.4 Å². The van der Waals surface area contributed by atoms with Crippen LogP contribution in [0.25, 0.3) is 11.0 Å². The summed E-state index contributed by atoms with van der Waals surface area (Å²) in [5.74, 6) is 0.399. The van der Waals surface area contributed by atoms with Gasteiger partial charge in [0.2, 0.25) is 0 Å². The van der Waals surface area contributed by atoms with Crippen LogP contribution in [-0.4, -0.2) is 26.5 Å².